The Balaban J connectivity index is 1.80. The average molecular weight is 280 g/mol. The van der Waals surface area contributed by atoms with Crippen molar-refractivity contribution in [2.75, 3.05) is 11.5 Å². The van der Waals surface area contributed by atoms with Gasteiger partial charge in [0.05, 0.1) is 0 Å². The molecule has 0 radical (unpaired) electrons. The summed E-state index contributed by atoms with van der Waals surface area (Å²) in [6.45, 7) is 0. The van der Waals surface area contributed by atoms with Gasteiger partial charge in [0.25, 0.3) is 10.1 Å². The third-order valence-corrected chi connectivity index (χ3v) is 4.46. The molecule has 0 unspecified atom stereocenters. The Bertz CT molecular complexity index is 475. The number of hydrogen-bond acceptors (Lipinski definition) is 4. The van der Waals surface area contributed by atoms with Gasteiger partial charge in [-0.1, -0.05) is 23.5 Å². The van der Waals surface area contributed by atoms with E-state index in [-0.39, 0.29) is 0 Å². The van der Waals surface area contributed by atoms with E-state index in [1.54, 1.807) is 24.3 Å². The summed E-state index contributed by atoms with van der Waals surface area (Å²) in [7, 11) is 0. The second-order valence-corrected chi connectivity index (χ2v) is 5.66. The standard InChI is InChI=1S/C12H12N2O2S2/c15-13-7-3-1-5-11(13)17-9-10-18-12-6-2-4-8-14(12)16/h1-8H,9-10H2. The van der Waals surface area contributed by atoms with Crippen molar-refractivity contribution in [1.82, 2.24) is 0 Å². The quantitative estimate of drug-likeness (QED) is 0.363. The zero-order valence-corrected chi connectivity index (χ0v) is 11.2. The van der Waals surface area contributed by atoms with E-state index in [0.29, 0.717) is 10.1 Å². The molecule has 2 rings (SSSR count). The highest BCUT2D eigenvalue weighted by molar-refractivity contribution is 8.02. The first-order valence-electron chi connectivity index (χ1n) is 5.39. The van der Waals surface area contributed by atoms with E-state index in [2.05, 4.69) is 0 Å². The lowest BCUT2D eigenvalue weighted by atomic mass is 10.5. The predicted octanol–water partition coefficient (Wildman–Crippen LogP) is 1.84. The van der Waals surface area contributed by atoms with Gasteiger partial charge in [-0.25, -0.2) is 0 Å². The molecule has 0 N–H and O–H groups in total. The van der Waals surface area contributed by atoms with E-state index >= 15 is 0 Å². The van der Waals surface area contributed by atoms with Crippen LogP contribution in [0.2, 0.25) is 0 Å². The Morgan fingerprint density at radius 3 is 1.61 bits per heavy atom. The second-order valence-electron chi connectivity index (χ2n) is 3.43. The molecule has 0 fully saturated rings. The van der Waals surface area contributed by atoms with E-state index in [1.807, 2.05) is 12.1 Å². The maximum Gasteiger partial charge on any atom is 0.251 e. The lowest BCUT2D eigenvalue weighted by Gasteiger charge is -2.04. The summed E-state index contributed by atoms with van der Waals surface area (Å²) >= 11 is 2.98. The van der Waals surface area contributed by atoms with E-state index < -0.39 is 0 Å². The molecule has 0 saturated carbocycles. The molecule has 0 bridgehead atoms. The van der Waals surface area contributed by atoms with E-state index in [1.165, 1.54) is 35.9 Å². The number of aromatic nitrogens is 2. The fraction of sp³-hybridized carbons (Fsp3) is 0.167. The molecule has 0 saturated heterocycles. The molecule has 0 aromatic carbocycles. The third-order valence-electron chi connectivity index (χ3n) is 2.16. The van der Waals surface area contributed by atoms with E-state index in [9.17, 15) is 10.4 Å². The summed E-state index contributed by atoms with van der Waals surface area (Å²) in [5.41, 5.74) is 0. The van der Waals surface area contributed by atoms with Crippen molar-refractivity contribution in [2.45, 2.75) is 10.1 Å². The Kier molecular flexibility index (Phi) is 4.72. The number of rotatable bonds is 5. The van der Waals surface area contributed by atoms with Crippen LogP contribution in [0.1, 0.15) is 0 Å². The Hall–Kier alpha value is -1.40. The summed E-state index contributed by atoms with van der Waals surface area (Å²) in [5, 5.41) is 24.1. The number of hydrogen-bond donors (Lipinski definition) is 0. The zero-order chi connectivity index (χ0) is 12.8. The molecule has 0 amide bonds. The molecule has 18 heavy (non-hydrogen) atoms. The van der Waals surface area contributed by atoms with Gasteiger partial charge in [0, 0.05) is 35.8 Å². The van der Waals surface area contributed by atoms with Crippen LogP contribution in [0.4, 0.5) is 0 Å². The van der Waals surface area contributed by atoms with Crippen LogP contribution in [0.15, 0.2) is 58.8 Å². The molecule has 4 nitrogen and oxygen atoms in total. The minimum atomic E-state index is 0.682. The molecule has 0 spiro atoms. The molecule has 94 valence electrons. The average Bonchev–Trinajstić information content (AvgIpc) is 2.38. The minimum Gasteiger partial charge on any atom is -0.618 e. The van der Waals surface area contributed by atoms with Gasteiger partial charge in [0.15, 0.2) is 12.4 Å². The molecule has 0 aliphatic heterocycles. The highest BCUT2D eigenvalue weighted by atomic mass is 32.2. The van der Waals surface area contributed by atoms with Crippen LogP contribution in [0, 0.1) is 10.4 Å². The van der Waals surface area contributed by atoms with Crippen LogP contribution in [0.25, 0.3) is 0 Å². The minimum absolute atomic E-state index is 0.682. The maximum atomic E-state index is 11.4. The fourth-order valence-corrected chi connectivity index (χ4v) is 3.15. The van der Waals surface area contributed by atoms with Crippen molar-refractivity contribution in [2.24, 2.45) is 0 Å². The second kappa shape index (κ2) is 6.51. The molecule has 2 aromatic rings. The van der Waals surface area contributed by atoms with Crippen LogP contribution >= 0.6 is 23.5 Å². The van der Waals surface area contributed by atoms with Gasteiger partial charge in [-0.15, -0.1) is 0 Å². The van der Waals surface area contributed by atoms with Crippen LogP contribution < -0.4 is 9.46 Å². The molecule has 0 aliphatic carbocycles. The molecule has 0 atom stereocenters. The largest absolute Gasteiger partial charge is 0.618 e. The monoisotopic (exact) mass is 280 g/mol. The SMILES string of the molecule is [O-][n+]1ccccc1SCCSc1cccc[n+]1[O-]. The topological polar surface area (TPSA) is 53.9 Å². The normalized spacial score (nSPS) is 10.4. The third kappa shape index (κ3) is 3.54. The molecule has 2 heterocycles. The Morgan fingerprint density at radius 2 is 1.22 bits per heavy atom. The van der Waals surface area contributed by atoms with Crippen molar-refractivity contribution >= 4 is 23.5 Å². The van der Waals surface area contributed by atoms with Crippen LogP contribution in [-0.2, 0) is 0 Å². The smallest absolute Gasteiger partial charge is 0.251 e. The zero-order valence-electron chi connectivity index (χ0n) is 9.56. The summed E-state index contributed by atoms with van der Waals surface area (Å²) in [6.07, 6.45) is 2.97. The lowest BCUT2D eigenvalue weighted by Crippen LogP contribution is -2.28. The maximum absolute atomic E-state index is 11.4. The van der Waals surface area contributed by atoms with Crippen LogP contribution in [0.3, 0.4) is 0 Å². The van der Waals surface area contributed by atoms with E-state index in [0.717, 1.165) is 21.0 Å². The lowest BCUT2D eigenvalue weighted by molar-refractivity contribution is -0.645. The number of pyridine rings is 2. The number of thioether (sulfide) groups is 2. The van der Waals surface area contributed by atoms with Gasteiger partial charge in [-0.2, -0.15) is 9.46 Å². The van der Waals surface area contributed by atoms with Crippen LogP contribution in [0.5, 0.6) is 0 Å². The summed E-state index contributed by atoms with van der Waals surface area (Å²) in [5.74, 6) is 1.57. The predicted molar refractivity (Wildman–Crippen MR) is 72.3 cm³/mol. The van der Waals surface area contributed by atoms with Crippen molar-refractivity contribution < 1.29 is 9.46 Å². The summed E-state index contributed by atoms with van der Waals surface area (Å²) in [6, 6.07) is 10.7. The first-order valence-corrected chi connectivity index (χ1v) is 7.36. The fourth-order valence-electron chi connectivity index (χ4n) is 1.34. The van der Waals surface area contributed by atoms with Gasteiger partial charge in [0.1, 0.15) is 0 Å². The molecule has 0 aliphatic rings. The van der Waals surface area contributed by atoms with Gasteiger partial charge in [-0.05, 0) is 12.1 Å². The first kappa shape index (κ1) is 13.0. The highest BCUT2D eigenvalue weighted by Gasteiger charge is 2.07. The first-order chi connectivity index (χ1) is 8.77. The summed E-state index contributed by atoms with van der Waals surface area (Å²) < 4.78 is 1.71. The van der Waals surface area contributed by atoms with Gasteiger partial charge in [-0.3, -0.25) is 0 Å². The van der Waals surface area contributed by atoms with Crippen molar-refractivity contribution in [3.05, 3.63) is 59.2 Å². The molecule has 6 heteroatoms. The highest BCUT2D eigenvalue weighted by Crippen LogP contribution is 2.18. The van der Waals surface area contributed by atoms with Gasteiger partial charge in [0.2, 0.25) is 0 Å². The number of nitrogens with zero attached hydrogens (tertiary/aromatic N) is 2. The Morgan fingerprint density at radius 1 is 0.778 bits per heavy atom. The summed E-state index contributed by atoms with van der Waals surface area (Å²) in [4.78, 5) is 0. The van der Waals surface area contributed by atoms with Gasteiger partial charge >= 0.3 is 0 Å². The van der Waals surface area contributed by atoms with Crippen LogP contribution in [-0.4, -0.2) is 11.5 Å². The van der Waals surface area contributed by atoms with Crippen molar-refractivity contribution in [3.8, 4) is 0 Å². The Labute approximate surface area is 114 Å². The molecular formula is C12H12N2O2S2. The van der Waals surface area contributed by atoms with E-state index in [4.69, 9.17) is 0 Å². The molecular weight excluding hydrogens is 268 g/mol. The van der Waals surface area contributed by atoms with Gasteiger partial charge < -0.3 is 10.4 Å². The molecule has 2 aromatic heterocycles. The van der Waals surface area contributed by atoms with Crippen molar-refractivity contribution in [1.29, 1.82) is 0 Å². The van der Waals surface area contributed by atoms with Crippen molar-refractivity contribution in [3.63, 3.8) is 0 Å².